The molecule has 0 bridgehead atoms. The van der Waals surface area contributed by atoms with Crippen LogP contribution in [0.3, 0.4) is 0 Å². The summed E-state index contributed by atoms with van der Waals surface area (Å²) in [4.78, 5) is 1.92. The highest BCUT2D eigenvalue weighted by Crippen LogP contribution is 2.24. The van der Waals surface area contributed by atoms with Crippen LogP contribution < -0.4 is 4.90 Å². The normalized spacial score (nSPS) is 18.4. The Hall–Kier alpha value is -2.18. The molecule has 1 aliphatic heterocycles. The lowest BCUT2D eigenvalue weighted by molar-refractivity contribution is 0.0760. The smallest absolute Gasteiger partial charge is 0.169 e. The second-order valence-corrected chi connectivity index (χ2v) is 4.58. The number of anilines is 1. The third-order valence-electron chi connectivity index (χ3n) is 3.45. The fourth-order valence-corrected chi connectivity index (χ4v) is 2.42. The number of ether oxygens (including phenoxy) is 1. The second kappa shape index (κ2) is 6.31. The summed E-state index contributed by atoms with van der Waals surface area (Å²) >= 11 is 0. The van der Waals surface area contributed by atoms with E-state index in [0.717, 1.165) is 24.1 Å². The average Bonchev–Trinajstić information content (AvgIpc) is 2.53. The van der Waals surface area contributed by atoms with Crippen LogP contribution in [-0.2, 0) is 17.6 Å². The molecule has 0 spiro atoms. The number of hydrogen-bond acceptors (Lipinski definition) is 6. The van der Waals surface area contributed by atoms with Gasteiger partial charge in [-0.25, -0.2) is 0 Å². The van der Waals surface area contributed by atoms with Gasteiger partial charge in [0.25, 0.3) is 0 Å². The second-order valence-electron chi connectivity index (χ2n) is 4.58. The molecule has 1 saturated heterocycles. The summed E-state index contributed by atoms with van der Waals surface area (Å²) in [5.41, 5.74) is 2.41. The minimum atomic E-state index is -0.479. The van der Waals surface area contributed by atoms with Crippen molar-refractivity contribution in [2.45, 2.75) is 32.8 Å². The third-order valence-corrected chi connectivity index (χ3v) is 3.45. The highest BCUT2D eigenvalue weighted by atomic mass is 16.5. The summed E-state index contributed by atoms with van der Waals surface area (Å²) in [6.45, 7) is 5.52. The van der Waals surface area contributed by atoms with Crippen molar-refractivity contribution in [3.05, 3.63) is 16.8 Å². The highest BCUT2D eigenvalue weighted by Gasteiger charge is 2.25. The molecule has 2 rings (SSSR count). The van der Waals surface area contributed by atoms with Crippen molar-refractivity contribution >= 4 is 5.82 Å². The predicted molar refractivity (Wildman–Crippen MR) is 73.1 cm³/mol. The topological polar surface area (TPSA) is 85.8 Å². The third kappa shape index (κ3) is 2.56. The van der Waals surface area contributed by atoms with Crippen molar-refractivity contribution in [1.82, 2.24) is 10.2 Å². The van der Waals surface area contributed by atoms with Gasteiger partial charge in [-0.1, -0.05) is 13.8 Å². The molecule has 1 aromatic heterocycles. The van der Waals surface area contributed by atoms with Crippen LogP contribution >= 0.6 is 0 Å². The van der Waals surface area contributed by atoms with Gasteiger partial charge in [-0.05, 0) is 18.4 Å². The Kier molecular flexibility index (Phi) is 4.49. The number of aromatic nitrogens is 2. The molecule has 0 N–H and O–H groups in total. The number of morpholine rings is 1. The molecule has 0 radical (unpaired) electrons. The van der Waals surface area contributed by atoms with Crippen LogP contribution in [0, 0.1) is 22.7 Å². The van der Waals surface area contributed by atoms with E-state index in [4.69, 9.17) is 10.00 Å². The first-order chi connectivity index (χ1) is 9.74. The van der Waals surface area contributed by atoms with E-state index in [1.807, 2.05) is 18.7 Å². The summed E-state index contributed by atoms with van der Waals surface area (Å²) in [7, 11) is 0. The quantitative estimate of drug-likeness (QED) is 0.821. The zero-order valence-electron chi connectivity index (χ0n) is 11.8. The standard InChI is InChI=1S/C14H17N5O/c1-3-11-12(8-16)14(18-17-13(11)4-2)19-5-6-20-10(7-15)9-19/h10H,3-6,9H2,1-2H3. The highest BCUT2D eigenvalue weighted by molar-refractivity contribution is 5.58. The maximum atomic E-state index is 9.46. The van der Waals surface area contributed by atoms with E-state index >= 15 is 0 Å². The van der Waals surface area contributed by atoms with E-state index in [-0.39, 0.29) is 0 Å². The molecular formula is C14H17N5O. The Labute approximate surface area is 118 Å². The summed E-state index contributed by atoms with van der Waals surface area (Å²) in [5, 5.41) is 26.9. The van der Waals surface area contributed by atoms with Crippen LogP contribution in [0.15, 0.2) is 0 Å². The van der Waals surface area contributed by atoms with Crippen LogP contribution in [0.1, 0.15) is 30.7 Å². The molecule has 1 unspecified atom stereocenters. The molecule has 1 aliphatic rings. The maximum absolute atomic E-state index is 9.46. The van der Waals surface area contributed by atoms with Crippen molar-refractivity contribution < 1.29 is 4.74 Å². The molecule has 0 amide bonds. The first kappa shape index (κ1) is 14.2. The van der Waals surface area contributed by atoms with E-state index < -0.39 is 6.10 Å². The molecule has 6 heteroatoms. The van der Waals surface area contributed by atoms with Crippen molar-refractivity contribution in [3.63, 3.8) is 0 Å². The fourth-order valence-electron chi connectivity index (χ4n) is 2.42. The van der Waals surface area contributed by atoms with Gasteiger partial charge in [0, 0.05) is 6.54 Å². The number of aryl methyl sites for hydroxylation is 1. The van der Waals surface area contributed by atoms with Gasteiger partial charge in [0.15, 0.2) is 11.9 Å². The Morgan fingerprint density at radius 2 is 2.10 bits per heavy atom. The lowest BCUT2D eigenvalue weighted by atomic mass is 10.0. The van der Waals surface area contributed by atoms with E-state index in [1.54, 1.807) is 0 Å². The Bertz CT molecular complexity index is 572. The van der Waals surface area contributed by atoms with Gasteiger partial charge < -0.3 is 9.64 Å². The van der Waals surface area contributed by atoms with Gasteiger partial charge in [-0.15, -0.1) is 5.10 Å². The van der Waals surface area contributed by atoms with Crippen molar-refractivity contribution in [2.24, 2.45) is 0 Å². The molecular weight excluding hydrogens is 254 g/mol. The van der Waals surface area contributed by atoms with E-state index in [2.05, 4.69) is 22.3 Å². The van der Waals surface area contributed by atoms with E-state index in [0.29, 0.717) is 31.1 Å². The van der Waals surface area contributed by atoms with Gasteiger partial charge in [0.05, 0.1) is 24.9 Å². The minimum Gasteiger partial charge on any atom is -0.360 e. The fraction of sp³-hybridized carbons (Fsp3) is 0.571. The summed E-state index contributed by atoms with van der Waals surface area (Å²) in [6, 6.07) is 4.35. The molecule has 1 fully saturated rings. The molecule has 20 heavy (non-hydrogen) atoms. The van der Waals surface area contributed by atoms with Crippen LogP contribution in [0.5, 0.6) is 0 Å². The number of nitrogens with zero attached hydrogens (tertiary/aromatic N) is 5. The summed E-state index contributed by atoms with van der Waals surface area (Å²) < 4.78 is 5.32. The van der Waals surface area contributed by atoms with Crippen molar-refractivity contribution in [3.8, 4) is 12.1 Å². The molecule has 0 aliphatic carbocycles. The molecule has 2 heterocycles. The summed E-state index contributed by atoms with van der Waals surface area (Å²) in [5.74, 6) is 0.574. The Balaban J connectivity index is 2.42. The molecule has 0 saturated carbocycles. The largest absolute Gasteiger partial charge is 0.360 e. The molecule has 1 aromatic rings. The van der Waals surface area contributed by atoms with Crippen LogP contribution in [0.25, 0.3) is 0 Å². The Morgan fingerprint density at radius 1 is 1.30 bits per heavy atom. The zero-order chi connectivity index (χ0) is 14.5. The molecule has 0 aromatic carbocycles. The predicted octanol–water partition coefficient (Wildman–Crippen LogP) is 1.20. The monoisotopic (exact) mass is 271 g/mol. The van der Waals surface area contributed by atoms with Gasteiger partial charge in [-0.2, -0.15) is 15.6 Å². The lowest BCUT2D eigenvalue weighted by Crippen LogP contribution is -2.43. The van der Waals surface area contributed by atoms with Crippen LogP contribution in [-0.4, -0.2) is 36.0 Å². The first-order valence-electron chi connectivity index (χ1n) is 6.79. The summed E-state index contributed by atoms with van der Waals surface area (Å²) in [6.07, 6.45) is 1.03. The number of nitriles is 2. The average molecular weight is 271 g/mol. The zero-order valence-corrected chi connectivity index (χ0v) is 11.8. The first-order valence-corrected chi connectivity index (χ1v) is 6.79. The van der Waals surface area contributed by atoms with Crippen molar-refractivity contribution in [1.29, 1.82) is 10.5 Å². The lowest BCUT2D eigenvalue weighted by Gasteiger charge is -2.31. The van der Waals surface area contributed by atoms with Crippen LogP contribution in [0.4, 0.5) is 5.82 Å². The molecule has 1 atom stereocenters. The van der Waals surface area contributed by atoms with E-state index in [9.17, 15) is 5.26 Å². The SMILES string of the molecule is CCc1nnc(N2CCOC(C#N)C2)c(C#N)c1CC. The number of hydrogen-bond donors (Lipinski definition) is 0. The molecule has 104 valence electrons. The van der Waals surface area contributed by atoms with Gasteiger partial charge >= 0.3 is 0 Å². The van der Waals surface area contributed by atoms with Crippen molar-refractivity contribution in [2.75, 3.05) is 24.6 Å². The van der Waals surface area contributed by atoms with Gasteiger partial charge in [0.1, 0.15) is 11.6 Å². The van der Waals surface area contributed by atoms with Gasteiger partial charge in [-0.3, -0.25) is 0 Å². The van der Waals surface area contributed by atoms with Gasteiger partial charge in [0.2, 0.25) is 0 Å². The minimum absolute atomic E-state index is 0.425. The Morgan fingerprint density at radius 3 is 2.70 bits per heavy atom. The number of rotatable bonds is 3. The van der Waals surface area contributed by atoms with E-state index in [1.165, 1.54) is 0 Å². The maximum Gasteiger partial charge on any atom is 0.169 e. The molecule has 6 nitrogen and oxygen atoms in total. The van der Waals surface area contributed by atoms with Crippen LogP contribution in [0.2, 0.25) is 0 Å².